The van der Waals surface area contributed by atoms with E-state index in [1.807, 2.05) is 44.4 Å². The van der Waals surface area contributed by atoms with Gasteiger partial charge in [0.15, 0.2) is 5.16 Å². The molecule has 27 heavy (non-hydrogen) atoms. The van der Waals surface area contributed by atoms with Gasteiger partial charge in [-0.15, -0.1) is 11.3 Å². The van der Waals surface area contributed by atoms with Crippen LogP contribution >= 0.6 is 23.1 Å². The first-order valence-electron chi connectivity index (χ1n) is 9.05. The number of anilines is 2. The highest BCUT2D eigenvalue weighted by Gasteiger charge is 2.21. The summed E-state index contributed by atoms with van der Waals surface area (Å²) in [5.74, 6) is 0.869. The van der Waals surface area contributed by atoms with E-state index in [1.54, 1.807) is 0 Å². The summed E-state index contributed by atoms with van der Waals surface area (Å²) in [6.07, 6.45) is 4.35. The van der Waals surface area contributed by atoms with Crippen molar-refractivity contribution < 1.29 is 4.79 Å². The van der Waals surface area contributed by atoms with Crippen LogP contribution in [0.15, 0.2) is 29.4 Å². The zero-order valence-electron chi connectivity index (χ0n) is 15.7. The Hall–Kier alpha value is -2.12. The van der Waals surface area contributed by atoms with Crippen LogP contribution in [-0.4, -0.2) is 35.2 Å². The second-order valence-corrected chi connectivity index (χ2v) is 8.56. The van der Waals surface area contributed by atoms with E-state index in [1.165, 1.54) is 35.9 Å². The summed E-state index contributed by atoms with van der Waals surface area (Å²) in [7, 11) is 0. The van der Waals surface area contributed by atoms with Crippen LogP contribution in [-0.2, 0) is 0 Å². The zero-order chi connectivity index (χ0) is 19.0. The van der Waals surface area contributed by atoms with Crippen LogP contribution in [0.25, 0.3) is 10.2 Å². The molecule has 5 nitrogen and oxygen atoms in total. The number of fused-ring (bicyclic) bond motifs is 1. The first-order valence-corrected chi connectivity index (χ1v) is 11.1. The number of nitrogens with one attached hydrogen (secondary N) is 1. The Bertz CT molecular complexity index is 1010. The number of aryl methyl sites for hydroxylation is 1. The van der Waals surface area contributed by atoms with Crippen LogP contribution in [0.5, 0.6) is 0 Å². The van der Waals surface area contributed by atoms with Crippen molar-refractivity contribution in [3.05, 3.63) is 40.3 Å². The van der Waals surface area contributed by atoms with Crippen molar-refractivity contribution in [1.29, 1.82) is 0 Å². The van der Waals surface area contributed by atoms with Gasteiger partial charge in [0.25, 0.3) is 5.91 Å². The minimum absolute atomic E-state index is 0.0928. The van der Waals surface area contributed by atoms with E-state index >= 15 is 0 Å². The van der Waals surface area contributed by atoms with Crippen molar-refractivity contribution >= 4 is 50.7 Å². The van der Waals surface area contributed by atoms with Crippen LogP contribution in [0.2, 0.25) is 0 Å². The fourth-order valence-electron chi connectivity index (χ4n) is 3.33. The number of carbonyl (C=O) groups is 1. The molecule has 3 aromatic rings. The Morgan fingerprint density at radius 1 is 1.22 bits per heavy atom. The van der Waals surface area contributed by atoms with Crippen molar-refractivity contribution in [3.63, 3.8) is 0 Å². The summed E-state index contributed by atoms with van der Waals surface area (Å²) in [4.78, 5) is 26.1. The predicted octanol–water partition coefficient (Wildman–Crippen LogP) is 4.88. The molecular formula is C20H22N4OS2. The van der Waals surface area contributed by atoms with Crippen LogP contribution in [0.4, 0.5) is 11.5 Å². The lowest BCUT2D eigenvalue weighted by Gasteiger charge is -2.17. The fraction of sp³-hybridized carbons (Fsp3) is 0.350. The molecule has 7 heteroatoms. The average Bonchev–Trinajstić information content (AvgIpc) is 3.34. The third-order valence-corrected chi connectivity index (χ3v) is 6.59. The summed E-state index contributed by atoms with van der Waals surface area (Å²) in [6, 6.07) is 7.89. The van der Waals surface area contributed by atoms with Gasteiger partial charge in [0.05, 0.1) is 10.3 Å². The van der Waals surface area contributed by atoms with Crippen molar-refractivity contribution in [2.45, 2.75) is 31.8 Å². The van der Waals surface area contributed by atoms with Crippen LogP contribution < -0.4 is 10.2 Å². The molecule has 1 fully saturated rings. The number of benzene rings is 1. The molecule has 1 amide bonds. The summed E-state index contributed by atoms with van der Waals surface area (Å²) in [5.41, 5.74) is 3.11. The minimum Gasteiger partial charge on any atom is -0.356 e. The molecular weight excluding hydrogens is 376 g/mol. The average molecular weight is 399 g/mol. The number of hydrogen-bond acceptors (Lipinski definition) is 6. The van der Waals surface area contributed by atoms with Gasteiger partial charge in [-0.05, 0) is 56.2 Å². The SMILES string of the molecule is CSc1nc(N2CCCC2)c2cc(C(=O)Nc3cccc(C)c3C)sc2n1. The number of amides is 1. The van der Waals surface area contributed by atoms with Gasteiger partial charge in [0.2, 0.25) is 0 Å². The van der Waals surface area contributed by atoms with Crippen molar-refractivity contribution in [3.8, 4) is 0 Å². The topological polar surface area (TPSA) is 58.1 Å². The summed E-state index contributed by atoms with van der Waals surface area (Å²) in [5, 5.41) is 4.79. The first-order chi connectivity index (χ1) is 13.1. The van der Waals surface area contributed by atoms with Gasteiger partial charge in [-0.25, -0.2) is 9.97 Å². The molecule has 0 radical (unpaired) electrons. The van der Waals surface area contributed by atoms with Crippen molar-refractivity contribution in [2.24, 2.45) is 0 Å². The molecule has 1 aliphatic rings. The summed E-state index contributed by atoms with van der Waals surface area (Å²) >= 11 is 2.97. The maximum Gasteiger partial charge on any atom is 0.265 e. The van der Waals surface area contributed by atoms with Gasteiger partial charge in [0, 0.05) is 18.8 Å². The van der Waals surface area contributed by atoms with Gasteiger partial charge in [0.1, 0.15) is 10.6 Å². The molecule has 0 aliphatic carbocycles. The second kappa shape index (κ2) is 7.48. The third kappa shape index (κ3) is 3.53. The molecule has 1 aliphatic heterocycles. The number of carbonyl (C=O) groups excluding carboxylic acids is 1. The number of rotatable bonds is 4. The highest BCUT2D eigenvalue weighted by Crippen LogP contribution is 2.34. The minimum atomic E-state index is -0.0928. The normalized spacial score (nSPS) is 14.1. The van der Waals surface area contributed by atoms with E-state index < -0.39 is 0 Å². The van der Waals surface area contributed by atoms with Crippen molar-refractivity contribution in [1.82, 2.24) is 9.97 Å². The molecule has 4 rings (SSSR count). The van der Waals surface area contributed by atoms with Gasteiger partial charge >= 0.3 is 0 Å². The second-order valence-electron chi connectivity index (χ2n) is 6.76. The Morgan fingerprint density at radius 3 is 2.74 bits per heavy atom. The van der Waals surface area contributed by atoms with Gasteiger partial charge in [-0.2, -0.15) is 0 Å². The molecule has 2 aromatic heterocycles. The maximum absolute atomic E-state index is 12.9. The highest BCUT2D eigenvalue weighted by atomic mass is 32.2. The van der Waals surface area contributed by atoms with E-state index in [2.05, 4.69) is 15.2 Å². The maximum atomic E-state index is 12.9. The Labute approximate surface area is 167 Å². The predicted molar refractivity (Wildman–Crippen MR) is 115 cm³/mol. The van der Waals surface area contributed by atoms with Gasteiger partial charge < -0.3 is 10.2 Å². The zero-order valence-corrected chi connectivity index (χ0v) is 17.3. The standard InChI is InChI=1S/C20H22N4OS2/c1-12-7-6-8-15(13(12)2)21-18(25)16-11-14-17(24-9-4-5-10-24)22-20(26-3)23-19(14)27-16/h6-8,11H,4-5,9-10H2,1-3H3,(H,21,25). The third-order valence-electron chi connectivity index (χ3n) is 5.02. The highest BCUT2D eigenvalue weighted by molar-refractivity contribution is 7.98. The lowest BCUT2D eigenvalue weighted by atomic mass is 10.1. The smallest absolute Gasteiger partial charge is 0.265 e. The number of nitrogens with zero attached hydrogens (tertiary/aromatic N) is 3. The lowest BCUT2D eigenvalue weighted by molar-refractivity contribution is 0.103. The summed E-state index contributed by atoms with van der Waals surface area (Å²) < 4.78 is 0. The molecule has 1 N–H and O–H groups in total. The van der Waals surface area contributed by atoms with Gasteiger partial charge in [-0.1, -0.05) is 23.9 Å². The summed E-state index contributed by atoms with van der Waals surface area (Å²) in [6.45, 7) is 6.10. The Balaban J connectivity index is 1.71. The van der Waals surface area contributed by atoms with E-state index in [0.29, 0.717) is 4.88 Å². The number of thiophene rings is 1. The molecule has 0 spiro atoms. The molecule has 1 saturated heterocycles. The lowest BCUT2D eigenvalue weighted by Crippen LogP contribution is -2.19. The van der Waals surface area contributed by atoms with Gasteiger partial charge in [-0.3, -0.25) is 4.79 Å². The van der Waals surface area contributed by atoms with Crippen LogP contribution in [0.1, 0.15) is 33.6 Å². The first kappa shape index (κ1) is 18.3. The number of thioether (sulfide) groups is 1. The molecule has 3 heterocycles. The van der Waals surface area contributed by atoms with E-state index in [9.17, 15) is 4.79 Å². The van der Waals surface area contributed by atoms with E-state index in [-0.39, 0.29) is 5.91 Å². The Morgan fingerprint density at radius 2 is 2.00 bits per heavy atom. The van der Waals surface area contributed by atoms with E-state index in [0.717, 1.165) is 51.1 Å². The molecule has 1 aromatic carbocycles. The van der Waals surface area contributed by atoms with Crippen molar-refractivity contribution in [2.75, 3.05) is 29.6 Å². The number of hydrogen-bond donors (Lipinski definition) is 1. The van der Waals surface area contributed by atoms with Crippen LogP contribution in [0, 0.1) is 13.8 Å². The van der Waals surface area contributed by atoms with Crippen LogP contribution in [0.3, 0.4) is 0 Å². The van der Waals surface area contributed by atoms with E-state index in [4.69, 9.17) is 4.98 Å². The monoisotopic (exact) mass is 398 g/mol. The fourth-order valence-corrected chi connectivity index (χ4v) is 4.67. The Kier molecular flexibility index (Phi) is 5.06. The number of aromatic nitrogens is 2. The quantitative estimate of drug-likeness (QED) is 0.501. The molecule has 0 atom stereocenters. The molecule has 0 saturated carbocycles. The molecule has 0 bridgehead atoms. The largest absolute Gasteiger partial charge is 0.356 e. The molecule has 140 valence electrons. The molecule has 0 unspecified atom stereocenters.